The fourth-order valence-corrected chi connectivity index (χ4v) is 3.80. The molecule has 0 bridgehead atoms. The minimum Gasteiger partial charge on any atom is -0.493 e. The van der Waals surface area contributed by atoms with Gasteiger partial charge in [-0.05, 0) is 30.0 Å². The van der Waals surface area contributed by atoms with E-state index >= 15 is 0 Å². The van der Waals surface area contributed by atoms with Gasteiger partial charge in [-0.3, -0.25) is 0 Å². The Balaban J connectivity index is 2.65. The molecule has 2 rings (SSSR count). The predicted octanol–water partition coefficient (Wildman–Crippen LogP) is 2.65. The molecule has 5 nitrogen and oxygen atoms in total. The molecule has 0 aliphatic rings. The first-order valence-corrected chi connectivity index (χ1v) is 8.51. The van der Waals surface area contributed by atoms with E-state index in [-0.39, 0.29) is 10.8 Å². The standard InChI is InChI=1S/C14H16ClNO4S/c1-19-12-8-10-4-6-16-14(11(10)9-13(12)20-2)21(17,18)7-3-5-15/h4,6,8-9H,3,5,7H2,1-2H3. The number of hydrogen-bond acceptors (Lipinski definition) is 5. The molecule has 0 N–H and O–H groups in total. The van der Waals surface area contributed by atoms with Crippen molar-refractivity contribution in [1.82, 2.24) is 4.98 Å². The van der Waals surface area contributed by atoms with E-state index in [4.69, 9.17) is 21.1 Å². The summed E-state index contributed by atoms with van der Waals surface area (Å²) in [7, 11) is -0.453. The van der Waals surface area contributed by atoms with E-state index in [0.29, 0.717) is 29.2 Å². The molecule has 0 aliphatic carbocycles. The van der Waals surface area contributed by atoms with Crippen molar-refractivity contribution in [2.24, 2.45) is 0 Å². The third-order valence-electron chi connectivity index (χ3n) is 3.07. The number of methoxy groups -OCH3 is 2. The van der Waals surface area contributed by atoms with E-state index in [0.717, 1.165) is 5.39 Å². The van der Waals surface area contributed by atoms with Crippen LogP contribution in [0.4, 0.5) is 0 Å². The summed E-state index contributed by atoms with van der Waals surface area (Å²) in [4.78, 5) is 4.03. The molecule has 0 fully saturated rings. The lowest BCUT2D eigenvalue weighted by molar-refractivity contribution is 0.356. The Morgan fingerprint density at radius 1 is 1.19 bits per heavy atom. The molecule has 7 heteroatoms. The second-order valence-corrected chi connectivity index (χ2v) is 6.81. The van der Waals surface area contributed by atoms with Gasteiger partial charge in [0.2, 0.25) is 0 Å². The number of hydrogen-bond donors (Lipinski definition) is 0. The Morgan fingerprint density at radius 2 is 1.86 bits per heavy atom. The summed E-state index contributed by atoms with van der Waals surface area (Å²) in [5.41, 5.74) is 0. The third-order valence-corrected chi connectivity index (χ3v) is 5.08. The molecule has 0 saturated heterocycles. The predicted molar refractivity (Wildman–Crippen MR) is 82.2 cm³/mol. The highest BCUT2D eigenvalue weighted by atomic mass is 35.5. The molecule has 0 saturated carbocycles. The van der Waals surface area contributed by atoms with Crippen molar-refractivity contribution in [3.63, 3.8) is 0 Å². The number of ether oxygens (including phenoxy) is 2. The van der Waals surface area contributed by atoms with Crippen molar-refractivity contribution in [1.29, 1.82) is 0 Å². The van der Waals surface area contributed by atoms with Crippen molar-refractivity contribution in [2.45, 2.75) is 11.4 Å². The topological polar surface area (TPSA) is 65.5 Å². The van der Waals surface area contributed by atoms with Gasteiger partial charge in [0.1, 0.15) is 0 Å². The molecule has 0 spiro atoms. The van der Waals surface area contributed by atoms with Crippen LogP contribution in [-0.4, -0.2) is 39.3 Å². The first kappa shape index (κ1) is 15.9. The van der Waals surface area contributed by atoms with E-state index in [1.54, 1.807) is 18.2 Å². The maximum atomic E-state index is 12.4. The molecule has 2 aromatic rings. The summed E-state index contributed by atoms with van der Waals surface area (Å²) in [6.07, 6.45) is 1.86. The molecule has 0 radical (unpaired) electrons. The number of fused-ring (bicyclic) bond motifs is 1. The Bertz CT molecular complexity index is 746. The van der Waals surface area contributed by atoms with E-state index < -0.39 is 9.84 Å². The van der Waals surface area contributed by atoms with Crippen LogP contribution < -0.4 is 9.47 Å². The maximum absolute atomic E-state index is 12.4. The van der Waals surface area contributed by atoms with Crippen LogP contribution >= 0.6 is 11.6 Å². The van der Waals surface area contributed by atoms with Crippen LogP contribution in [0.1, 0.15) is 6.42 Å². The SMILES string of the molecule is COc1cc2ccnc(S(=O)(=O)CCCCl)c2cc1OC. The smallest absolute Gasteiger partial charge is 0.196 e. The highest BCUT2D eigenvalue weighted by molar-refractivity contribution is 7.91. The van der Waals surface area contributed by atoms with Gasteiger partial charge in [-0.25, -0.2) is 13.4 Å². The average Bonchev–Trinajstić information content (AvgIpc) is 2.50. The lowest BCUT2D eigenvalue weighted by Gasteiger charge is -2.11. The minimum absolute atomic E-state index is 0.0308. The van der Waals surface area contributed by atoms with Gasteiger partial charge in [0.15, 0.2) is 26.4 Å². The highest BCUT2D eigenvalue weighted by Gasteiger charge is 2.20. The second-order valence-electron chi connectivity index (χ2n) is 4.41. The Morgan fingerprint density at radius 3 is 2.48 bits per heavy atom. The first-order chi connectivity index (χ1) is 10.0. The van der Waals surface area contributed by atoms with Gasteiger partial charge in [-0.1, -0.05) is 0 Å². The largest absolute Gasteiger partial charge is 0.493 e. The first-order valence-electron chi connectivity index (χ1n) is 6.33. The van der Waals surface area contributed by atoms with Gasteiger partial charge in [-0.2, -0.15) is 0 Å². The number of alkyl halides is 1. The number of rotatable bonds is 6. The monoisotopic (exact) mass is 329 g/mol. The molecule has 0 atom stereocenters. The number of sulfone groups is 1. The van der Waals surface area contributed by atoms with Crippen molar-refractivity contribution < 1.29 is 17.9 Å². The van der Waals surface area contributed by atoms with Gasteiger partial charge in [-0.15, -0.1) is 11.6 Å². The van der Waals surface area contributed by atoms with Crippen LogP contribution in [0, 0.1) is 0 Å². The zero-order chi connectivity index (χ0) is 15.5. The van der Waals surface area contributed by atoms with Crippen LogP contribution in [0.25, 0.3) is 10.8 Å². The van der Waals surface area contributed by atoms with Crippen molar-refractivity contribution >= 4 is 32.2 Å². The normalized spacial score (nSPS) is 11.6. The fourth-order valence-electron chi connectivity index (χ4n) is 2.06. The summed E-state index contributed by atoms with van der Waals surface area (Å²) in [5.74, 6) is 1.27. The number of aromatic nitrogens is 1. The lowest BCUT2D eigenvalue weighted by Crippen LogP contribution is -2.10. The minimum atomic E-state index is -3.49. The average molecular weight is 330 g/mol. The molecule has 21 heavy (non-hydrogen) atoms. The van der Waals surface area contributed by atoms with E-state index in [2.05, 4.69) is 4.98 Å². The second kappa shape index (κ2) is 6.49. The van der Waals surface area contributed by atoms with E-state index in [1.165, 1.54) is 20.4 Å². The number of benzene rings is 1. The Hall–Kier alpha value is -1.53. The number of halogens is 1. The van der Waals surface area contributed by atoms with E-state index in [9.17, 15) is 8.42 Å². The highest BCUT2D eigenvalue weighted by Crippen LogP contribution is 2.34. The quantitative estimate of drug-likeness (QED) is 0.762. The summed E-state index contributed by atoms with van der Waals surface area (Å²) < 4.78 is 35.2. The van der Waals surface area contributed by atoms with Crippen LogP contribution in [0.15, 0.2) is 29.4 Å². The van der Waals surface area contributed by atoms with E-state index in [1.807, 2.05) is 0 Å². The van der Waals surface area contributed by atoms with Crippen LogP contribution in [0.2, 0.25) is 0 Å². The molecule has 1 aromatic carbocycles. The van der Waals surface area contributed by atoms with Gasteiger partial charge < -0.3 is 9.47 Å². The molecular weight excluding hydrogens is 314 g/mol. The van der Waals surface area contributed by atoms with Gasteiger partial charge in [0.25, 0.3) is 0 Å². The molecule has 1 heterocycles. The van der Waals surface area contributed by atoms with Crippen LogP contribution in [0.5, 0.6) is 11.5 Å². The number of nitrogens with zero attached hydrogens (tertiary/aromatic N) is 1. The van der Waals surface area contributed by atoms with Crippen LogP contribution in [-0.2, 0) is 9.84 Å². The van der Waals surface area contributed by atoms with Crippen molar-refractivity contribution in [3.8, 4) is 11.5 Å². The van der Waals surface area contributed by atoms with Gasteiger partial charge in [0, 0.05) is 17.5 Å². The van der Waals surface area contributed by atoms with Gasteiger partial charge in [0.05, 0.1) is 20.0 Å². The molecule has 0 amide bonds. The fraction of sp³-hybridized carbons (Fsp3) is 0.357. The maximum Gasteiger partial charge on any atom is 0.196 e. The molecular formula is C14H16ClNO4S. The summed E-state index contributed by atoms with van der Waals surface area (Å²) in [6.45, 7) is 0. The molecule has 0 unspecified atom stereocenters. The molecule has 114 valence electrons. The summed E-state index contributed by atoms with van der Waals surface area (Å²) in [5, 5.41) is 1.29. The summed E-state index contributed by atoms with van der Waals surface area (Å²) >= 11 is 5.58. The molecule has 0 aliphatic heterocycles. The van der Waals surface area contributed by atoms with Crippen molar-refractivity contribution in [3.05, 3.63) is 24.4 Å². The molecule has 1 aromatic heterocycles. The zero-order valence-electron chi connectivity index (χ0n) is 11.8. The van der Waals surface area contributed by atoms with Gasteiger partial charge >= 0.3 is 0 Å². The summed E-state index contributed by atoms with van der Waals surface area (Å²) in [6, 6.07) is 5.10. The lowest BCUT2D eigenvalue weighted by atomic mass is 10.1. The van der Waals surface area contributed by atoms with Crippen LogP contribution in [0.3, 0.4) is 0 Å². The Labute approximate surface area is 128 Å². The number of pyridine rings is 1. The third kappa shape index (κ3) is 3.22. The van der Waals surface area contributed by atoms with Crippen molar-refractivity contribution in [2.75, 3.05) is 25.9 Å². The Kier molecular flexibility index (Phi) is 4.90. The zero-order valence-corrected chi connectivity index (χ0v) is 13.4.